The number of hydrogen-bond donors (Lipinski definition) is 0. The molecule has 41 heavy (non-hydrogen) atoms. The number of hydrogen-bond acceptors (Lipinski definition) is 3. The summed E-state index contributed by atoms with van der Waals surface area (Å²) in [6, 6.07) is 4.74. The lowest BCUT2D eigenvalue weighted by molar-refractivity contribution is -0.151. The van der Waals surface area contributed by atoms with Crippen molar-refractivity contribution in [3.63, 3.8) is 0 Å². The normalized spacial score (nSPS) is 23.3. The van der Waals surface area contributed by atoms with Gasteiger partial charge in [0.2, 0.25) is 16.6 Å². The van der Waals surface area contributed by atoms with Crippen LogP contribution in [0.25, 0.3) is 0 Å². The van der Waals surface area contributed by atoms with Crippen LogP contribution in [-0.4, -0.2) is 22.4 Å². The van der Waals surface area contributed by atoms with Gasteiger partial charge in [0.15, 0.2) is 0 Å². The SMILES string of the molecule is CCCCCCC(C)(C)c1cc(O[Si](C)(C)C(C)(C)C)c([C@H]2CC(=O)C3CC2C3(C)C)c(O[Si](C)(C)C(C)(C)C)c1. The lowest BCUT2D eigenvalue weighted by Gasteiger charge is -2.59. The molecular formula is C36H64O3Si2. The van der Waals surface area contributed by atoms with Crippen molar-refractivity contribution in [3.8, 4) is 11.5 Å². The molecule has 3 fully saturated rings. The molecule has 234 valence electrons. The molecule has 3 atom stereocenters. The van der Waals surface area contributed by atoms with Gasteiger partial charge in [-0.3, -0.25) is 4.79 Å². The number of rotatable bonds is 11. The minimum atomic E-state index is -2.17. The first kappa shape index (κ1) is 34.4. The predicted octanol–water partition coefficient (Wildman–Crippen LogP) is 11.4. The maximum Gasteiger partial charge on any atom is 0.250 e. The second-order valence-corrected chi connectivity index (χ2v) is 27.2. The smallest absolute Gasteiger partial charge is 0.250 e. The van der Waals surface area contributed by atoms with Crippen molar-refractivity contribution in [3.05, 3.63) is 23.3 Å². The molecule has 0 amide bonds. The molecule has 0 aromatic heterocycles. The number of unbranched alkanes of at least 4 members (excludes halogenated alkanes) is 3. The van der Waals surface area contributed by atoms with Crippen molar-refractivity contribution in [2.24, 2.45) is 17.3 Å². The zero-order valence-electron chi connectivity index (χ0n) is 29.6. The fourth-order valence-corrected chi connectivity index (χ4v) is 8.56. The highest BCUT2D eigenvalue weighted by Crippen LogP contribution is 2.65. The molecule has 1 aromatic carbocycles. The summed E-state index contributed by atoms with van der Waals surface area (Å²) < 4.78 is 14.6. The zero-order valence-corrected chi connectivity index (χ0v) is 31.6. The lowest BCUT2D eigenvalue weighted by Crippen LogP contribution is -2.56. The van der Waals surface area contributed by atoms with Gasteiger partial charge in [0.25, 0.3) is 0 Å². The highest BCUT2D eigenvalue weighted by Gasteiger charge is 2.60. The van der Waals surface area contributed by atoms with Gasteiger partial charge >= 0.3 is 0 Å². The first-order valence-corrected chi connectivity index (χ1v) is 22.4. The van der Waals surface area contributed by atoms with Crippen molar-refractivity contribution in [1.29, 1.82) is 0 Å². The number of carbonyl (C=O) groups excluding carboxylic acids is 1. The molecule has 0 N–H and O–H groups in total. The highest BCUT2D eigenvalue weighted by atomic mass is 28.4. The Kier molecular flexibility index (Phi) is 9.61. The minimum absolute atomic E-state index is 0.00652. The molecule has 2 unspecified atom stereocenters. The first-order chi connectivity index (χ1) is 18.5. The molecule has 3 aliphatic carbocycles. The Bertz CT molecular complexity index is 1050. The maximum absolute atomic E-state index is 13.5. The van der Waals surface area contributed by atoms with Gasteiger partial charge < -0.3 is 8.85 Å². The monoisotopic (exact) mass is 600 g/mol. The number of fused-ring (bicyclic) bond motifs is 2. The van der Waals surface area contributed by atoms with Crippen molar-refractivity contribution >= 4 is 22.4 Å². The zero-order chi connectivity index (χ0) is 31.4. The van der Waals surface area contributed by atoms with Crippen LogP contribution in [0.3, 0.4) is 0 Å². The Morgan fingerprint density at radius 2 is 1.32 bits per heavy atom. The highest BCUT2D eigenvalue weighted by molar-refractivity contribution is 6.75. The Hall–Kier alpha value is -1.08. The van der Waals surface area contributed by atoms with Crippen LogP contribution in [0.5, 0.6) is 11.5 Å². The van der Waals surface area contributed by atoms with E-state index in [0.717, 1.165) is 24.3 Å². The molecule has 4 rings (SSSR count). The number of benzene rings is 1. The van der Waals surface area contributed by atoms with Crippen LogP contribution in [0.15, 0.2) is 12.1 Å². The summed E-state index contributed by atoms with van der Waals surface area (Å²) in [7, 11) is -4.34. The largest absolute Gasteiger partial charge is 0.543 e. The Morgan fingerprint density at radius 1 is 0.829 bits per heavy atom. The third kappa shape index (κ3) is 6.86. The van der Waals surface area contributed by atoms with E-state index in [1.54, 1.807) is 0 Å². The summed E-state index contributed by atoms with van der Waals surface area (Å²) in [4.78, 5) is 13.5. The topological polar surface area (TPSA) is 35.5 Å². The molecule has 0 aliphatic heterocycles. The lowest BCUT2D eigenvalue weighted by atomic mass is 9.44. The fourth-order valence-electron chi connectivity index (χ4n) is 6.51. The second kappa shape index (κ2) is 11.4. The average Bonchev–Trinajstić information content (AvgIpc) is 2.79. The van der Waals surface area contributed by atoms with E-state index in [0.29, 0.717) is 18.1 Å². The summed E-state index contributed by atoms with van der Waals surface area (Å²) in [6.07, 6.45) is 7.81. The van der Waals surface area contributed by atoms with E-state index < -0.39 is 16.6 Å². The summed E-state index contributed by atoms with van der Waals surface area (Å²) in [5.41, 5.74) is 2.54. The van der Waals surface area contributed by atoms with Crippen LogP contribution in [0.4, 0.5) is 0 Å². The van der Waals surface area contributed by atoms with Crippen LogP contribution in [0.2, 0.25) is 36.3 Å². The molecule has 3 nitrogen and oxygen atoms in total. The van der Waals surface area contributed by atoms with Gasteiger partial charge in [0, 0.05) is 23.8 Å². The van der Waals surface area contributed by atoms with Gasteiger partial charge in [-0.2, -0.15) is 0 Å². The van der Waals surface area contributed by atoms with Crippen molar-refractivity contribution in [1.82, 2.24) is 0 Å². The van der Waals surface area contributed by atoms with E-state index in [2.05, 4.69) is 114 Å². The Morgan fingerprint density at radius 3 is 1.71 bits per heavy atom. The van der Waals surface area contributed by atoms with Crippen molar-refractivity contribution in [2.45, 2.75) is 169 Å². The first-order valence-electron chi connectivity index (χ1n) is 16.6. The van der Waals surface area contributed by atoms with E-state index in [1.807, 2.05) is 0 Å². The van der Waals surface area contributed by atoms with Crippen LogP contribution >= 0.6 is 0 Å². The number of Topliss-reactive ketones (excluding diaryl/α,β-unsaturated/α-hetero) is 1. The molecule has 2 bridgehead atoms. The molecular weight excluding hydrogens is 537 g/mol. The Balaban J connectivity index is 2.27. The summed E-state index contributed by atoms with van der Waals surface area (Å²) >= 11 is 0. The van der Waals surface area contributed by atoms with Gasteiger partial charge in [-0.1, -0.05) is 102 Å². The summed E-state index contributed by atoms with van der Waals surface area (Å²) in [6.45, 7) is 35.0. The molecule has 5 heteroatoms. The molecule has 0 spiro atoms. The molecule has 1 aromatic rings. The summed E-state index contributed by atoms with van der Waals surface area (Å²) in [5, 5.41) is 0.138. The second-order valence-electron chi connectivity index (χ2n) is 17.8. The van der Waals surface area contributed by atoms with E-state index in [-0.39, 0.29) is 32.7 Å². The standard InChI is InChI=1S/C36H64O3Si2/c1-16-17-18-19-20-35(8,9)25-21-30(38-40(12,13)33(2,3)4)32(31(22-25)39-41(14,15)34(5,6)7)26-23-29(37)28-24-27(26)36(28,10)11/h21-22,26-28H,16-20,23-24H2,1-15H3/t26-,27?,28?/m0/s1. The van der Waals surface area contributed by atoms with Crippen molar-refractivity contribution < 1.29 is 13.6 Å². The molecule has 0 saturated heterocycles. The predicted molar refractivity (Wildman–Crippen MR) is 182 cm³/mol. The average molecular weight is 601 g/mol. The molecule has 0 heterocycles. The Labute approximate surface area is 256 Å². The van der Waals surface area contributed by atoms with Gasteiger partial charge in [-0.15, -0.1) is 0 Å². The van der Waals surface area contributed by atoms with Crippen molar-refractivity contribution in [2.75, 3.05) is 0 Å². The number of ketones is 1. The van der Waals surface area contributed by atoms with Gasteiger partial charge in [-0.25, -0.2) is 0 Å². The number of carbonyl (C=O) groups is 1. The van der Waals surface area contributed by atoms with Gasteiger partial charge in [0.05, 0.1) is 0 Å². The van der Waals surface area contributed by atoms with Crippen LogP contribution in [0, 0.1) is 17.3 Å². The molecule has 0 radical (unpaired) electrons. The van der Waals surface area contributed by atoms with Gasteiger partial charge in [-0.05, 0) is 83.6 Å². The van der Waals surface area contributed by atoms with E-state index in [1.165, 1.54) is 36.8 Å². The maximum atomic E-state index is 13.5. The van der Waals surface area contributed by atoms with E-state index in [9.17, 15) is 4.79 Å². The van der Waals surface area contributed by atoms with Crippen LogP contribution in [0.1, 0.15) is 138 Å². The fraction of sp³-hybridized carbons (Fsp3) is 0.806. The quantitative estimate of drug-likeness (QED) is 0.187. The van der Waals surface area contributed by atoms with Crippen LogP contribution < -0.4 is 8.85 Å². The van der Waals surface area contributed by atoms with Crippen LogP contribution in [-0.2, 0) is 10.2 Å². The van der Waals surface area contributed by atoms with Gasteiger partial charge in [0.1, 0.15) is 17.3 Å². The third-order valence-corrected chi connectivity index (χ3v) is 20.6. The van der Waals surface area contributed by atoms with E-state index in [4.69, 9.17) is 8.85 Å². The third-order valence-electron chi connectivity index (χ3n) is 11.9. The molecule has 3 saturated carbocycles. The minimum Gasteiger partial charge on any atom is -0.543 e. The summed E-state index contributed by atoms with van der Waals surface area (Å²) in [5.74, 6) is 3.26. The molecule has 3 aliphatic rings. The van der Waals surface area contributed by atoms with E-state index >= 15 is 0 Å².